The molecule has 0 spiro atoms. The van der Waals surface area contributed by atoms with E-state index in [1.807, 2.05) is 30.3 Å². The van der Waals surface area contributed by atoms with Gasteiger partial charge in [-0.25, -0.2) is 4.39 Å². The highest BCUT2D eigenvalue weighted by Gasteiger charge is 2.62. The molecule has 308 valence electrons. The van der Waals surface area contributed by atoms with Crippen molar-refractivity contribution in [2.45, 2.75) is 116 Å². The smallest absolute Gasteiger partial charge is 0.264 e. The SMILES string of the molecule is O=C(NC12CC3CC(C1)CC(c1cc(F)ccc1[C@@H]1SCC4C(O)=C(C(=O)NC56CC7CC(CC(C7)C5)C6)C(=O)N41)(C3)C2)C1=C(O)C2CS[C@@H](c3ccccc3)N2C1=O. The number of aliphatic hydroxyl groups excluding tert-OH is 2. The normalized spacial score (nSPS) is 41.1. The molecule has 8 bridgehead atoms. The first kappa shape index (κ1) is 36.8. The molecule has 14 rings (SSSR count). The first-order chi connectivity index (χ1) is 28.4. The van der Waals surface area contributed by atoms with Crippen molar-refractivity contribution in [2.24, 2.45) is 29.6 Å². The zero-order valence-electron chi connectivity index (χ0n) is 32.8. The van der Waals surface area contributed by atoms with E-state index >= 15 is 4.39 Å². The zero-order chi connectivity index (χ0) is 40.2. The van der Waals surface area contributed by atoms with Gasteiger partial charge in [0.05, 0.1) is 0 Å². The molecular formula is C46H49FN4O6S2. The Morgan fingerprint density at radius 2 is 1.17 bits per heavy atom. The third-order valence-electron chi connectivity index (χ3n) is 16.3. The Hall–Kier alpha value is -3.97. The van der Waals surface area contributed by atoms with Crippen molar-refractivity contribution in [3.05, 3.63) is 93.7 Å². The number of aliphatic hydroxyl groups is 2. The Balaban J connectivity index is 0.818. The van der Waals surface area contributed by atoms with E-state index in [1.54, 1.807) is 33.7 Å². The second-order valence-corrected chi connectivity index (χ2v) is 22.3. The van der Waals surface area contributed by atoms with Gasteiger partial charge in [0.25, 0.3) is 23.6 Å². The Morgan fingerprint density at radius 1 is 0.661 bits per heavy atom. The number of benzene rings is 2. The summed E-state index contributed by atoms with van der Waals surface area (Å²) in [5.41, 5.74) is 0.781. The lowest BCUT2D eigenvalue weighted by atomic mass is 9.45. The fourth-order valence-corrected chi connectivity index (χ4v) is 18.0. The van der Waals surface area contributed by atoms with Crippen LogP contribution in [0, 0.1) is 35.4 Å². The Morgan fingerprint density at radius 3 is 1.76 bits per heavy atom. The van der Waals surface area contributed by atoms with Crippen molar-refractivity contribution in [1.82, 2.24) is 20.4 Å². The molecule has 12 aliphatic rings. The molecule has 8 aliphatic carbocycles. The standard InChI is InChI=1S/C46H49FN4O6S2/c47-29-6-7-30(43-51-33(21-59-43)37(53)34(41(51)57)38(54)48-45-15-23-8-24(16-45)10-25(9-23)17-45)31(12-29)44-13-26-11-27(14-44)19-46(18-26,22-44)49-39(55)35-36(52)32-20-58-42(50(32)40(35)56)28-4-2-1-3-5-28/h1-7,12,23-27,32-33,42-43,52-53H,8-11,13-22H2,(H,48,54)(H,49,55)/t23?,24?,25?,26?,27?,32?,33?,42-,43-,44?,45?,46?/m0/s1. The predicted octanol–water partition coefficient (Wildman–Crippen LogP) is 6.85. The summed E-state index contributed by atoms with van der Waals surface area (Å²) in [4.78, 5) is 60.1. The van der Waals surface area contributed by atoms with Gasteiger partial charge in [-0.2, -0.15) is 0 Å². The molecule has 0 aromatic heterocycles. The molecule has 2 aromatic rings. The van der Waals surface area contributed by atoms with Crippen LogP contribution in [0.2, 0.25) is 0 Å². The highest BCUT2D eigenvalue weighted by molar-refractivity contribution is 8.00. The molecule has 0 radical (unpaired) electrons. The van der Waals surface area contributed by atoms with E-state index in [4.69, 9.17) is 0 Å². The van der Waals surface area contributed by atoms with E-state index in [-0.39, 0.29) is 51.2 Å². The summed E-state index contributed by atoms with van der Waals surface area (Å²) in [6, 6.07) is 13.3. The second kappa shape index (κ2) is 12.8. The molecule has 4 heterocycles. The van der Waals surface area contributed by atoms with Crippen LogP contribution in [0.1, 0.15) is 104 Å². The number of fused-ring (bicyclic) bond motifs is 2. The maximum atomic E-state index is 15.6. The highest BCUT2D eigenvalue weighted by atomic mass is 32.2. The van der Waals surface area contributed by atoms with E-state index in [0.717, 1.165) is 68.1 Å². The van der Waals surface area contributed by atoms with Crippen LogP contribution in [0.5, 0.6) is 0 Å². The molecule has 4 aliphatic heterocycles. The Labute approximate surface area is 351 Å². The van der Waals surface area contributed by atoms with Crippen LogP contribution in [0.3, 0.4) is 0 Å². The van der Waals surface area contributed by atoms with Gasteiger partial charge >= 0.3 is 0 Å². The third kappa shape index (κ3) is 5.44. The van der Waals surface area contributed by atoms with E-state index < -0.39 is 52.0 Å². The first-order valence-electron chi connectivity index (χ1n) is 21.7. The van der Waals surface area contributed by atoms with Crippen LogP contribution in [0.15, 0.2) is 71.2 Å². The van der Waals surface area contributed by atoms with Crippen molar-refractivity contribution < 1.29 is 33.8 Å². The number of hydrogen-bond acceptors (Lipinski definition) is 8. The summed E-state index contributed by atoms with van der Waals surface area (Å²) in [5, 5.41) is 28.8. The fourth-order valence-electron chi connectivity index (χ4n) is 15.1. The van der Waals surface area contributed by atoms with Crippen LogP contribution in [0.4, 0.5) is 4.39 Å². The number of thioether (sulfide) groups is 2. The van der Waals surface area contributed by atoms with Gasteiger partial charge < -0.3 is 30.6 Å². The van der Waals surface area contributed by atoms with Gasteiger partial charge in [-0.15, -0.1) is 23.5 Å². The van der Waals surface area contributed by atoms with Crippen LogP contribution in [0.25, 0.3) is 0 Å². The van der Waals surface area contributed by atoms with Crippen molar-refractivity contribution in [1.29, 1.82) is 0 Å². The average Bonchev–Trinajstić information content (AvgIpc) is 3.93. The van der Waals surface area contributed by atoms with Gasteiger partial charge in [-0.1, -0.05) is 36.4 Å². The summed E-state index contributed by atoms with van der Waals surface area (Å²) in [6.45, 7) is 0. The Bertz CT molecular complexity index is 2250. The predicted molar refractivity (Wildman–Crippen MR) is 220 cm³/mol. The van der Waals surface area contributed by atoms with Crippen LogP contribution >= 0.6 is 23.5 Å². The third-order valence-corrected chi connectivity index (χ3v) is 18.9. The molecule has 59 heavy (non-hydrogen) atoms. The van der Waals surface area contributed by atoms with E-state index in [1.165, 1.54) is 37.1 Å². The number of halogens is 1. The topological polar surface area (TPSA) is 139 Å². The number of carbonyl (C=O) groups is 4. The van der Waals surface area contributed by atoms with Gasteiger partial charge in [0.15, 0.2) is 0 Å². The van der Waals surface area contributed by atoms with Crippen molar-refractivity contribution in [3.63, 3.8) is 0 Å². The minimum absolute atomic E-state index is 0.149. The van der Waals surface area contributed by atoms with Crippen LogP contribution < -0.4 is 10.6 Å². The minimum Gasteiger partial charge on any atom is -0.509 e. The molecule has 2 aromatic carbocycles. The van der Waals surface area contributed by atoms with Crippen LogP contribution in [-0.2, 0) is 24.6 Å². The van der Waals surface area contributed by atoms with E-state index in [2.05, 4.69) is 10.6 Å². The van der Waals surface area contributed by atoms with Gasteiger partial charge in [0, 0.05) is 22.6 Å². The fraction of sp³-hybridized carbons (Fsp3) is 0.565. The minimum atomic E-state index is -0.657. The number of carbonyl (C=O) groups excluding carboxylic acids is 4. The molecule has 8 saturated carbocycles. The summed E-state index contributed by atoms with van der Waals surface area (Å²) in [5.74, 6) is 0.611. The monoisotopic (exact) mass is 836 g/mol. The molecule has 13 heteroatoms. The number of nitrogens with one attached hydrogen (secondary N) is 2. The summed E-state index contributed by atoms with van der Waals surface area (Å²) in [6.07, 6.45) is 11.1. The first-order valence-corrected chi connectivity index (χ1v) is 23.8. The lowest BCUT2D eigenvalue weighted by molar-refractivity contribution is -0.133. The number of nitrogens with zero attached hydrogens (tertiary/aromatic N) is 2. The maximum absolute atomic E-state index is 15.6. The van der Waals surface area contributed by atoms with Gasteiger partial charge in [-0.05, 0) is 141 Å². The maximum Gasteiger partial charge on any atom is 0.264 e. The molecule has 4 unspecified atom stereocenters. The molecule has 4 amide bonds. The number of rotatable bonds is 7. The molecule has 4 N–H and O–H groups in total. The molecular weight excluding hydrogens is 788 g/mol. The number of hydrogen-bond donors (Lipinski definition) is 4. The van der Waals surface area contributed by atoms with Gasteiger partial charge in [0.1, 0.15) is 51.3 Å². The quantitative estimate of drug-likeness (QED) is 0.222. The second-order valence-electron chi connectivity index (χ2n) is 20.1. The van der Waals surface area contributed by atoms with Crippen molar-refractivity contribution in [2.75, 3.05) is 11.5 Å². The molecule has 10 nitrogen and oxygen atoms in total. The molecule has 6 atom stereocenters. The lowest BCUT2D eigenvalue weighted by Gasteiger charge is -2.62. The highest BCUT2D eigenvalue weighted by Crippen LogP contribution is 2.64. The van der Waals surface area contributed by atoms with E-state index in [9.17, 15) is 29.4 Å². The van der Waals surface area contributed by atoms with Crippen LogP contribution in [-0.4, -0.2) is 78.3 Å². The number of amides is 4. The Kier molecular flexibility index (Phi) is 7.98. The van der Waals surface area contributed by atoms with Gasteiger partial charge in [-0.3, -0.25) is 19.2 Å². The largest absolute Gasteiger partial charge is 0.509 e. The van der Waals surface area contributed by atoms with Gasteiger partial charge in [0.2, 0.25) is 0 Å². The zero-order valence-corrected chi connectivity index (χ0v) is 34.5. The summed E-state index contributed by atoms with van der Waals surface area (Å²) in [7, 11) is 0. The molecule has 2 saturated heterocycles. The van der Waals surface area contributed by atoms with Crippen molar-refractivity contribution in [3.8, 4) is 0 Å². The lowest BCUT2D eigenvalue weighted by Crippen LogP contribution is -2.64. The van der Waals surface area contributed by atoms with Crippen molar-refractivity contribution >= 4 is 47.2 Å². The summed E-state index contributed by atoms with van der Waals surface area (Å²) < 4.78 is 15.6. The average molecular weight is 837 g/mol. The molecule has 10 fully saturated rings. The summed E-state index contributed by atoms with van der Waals surface area (Å²) >= 11 is 3.11. The van der Waals surface area contributed by atoms with E-state index in [0.29, 0.717) is 35.7 Å².